The van der Waals surface area contributed by atoms with E-state index >= 15 is 0 Å². The molecule has 1 aromatic rings. The van der Waals surface area contributed by atoms with Crippen LogP contribution in [0.3, 0.4) is 0 Å². The second kappa shape index (κ2) is 5.85. The monoisotopic (exact) mass is 272 g/mol. The van der Waals surface area contributed by atoms with E-state index in [4.69, 9.17) is 4.74 Å². The van der Waals surface area contributed by atoms with Crippen molar-refractivity contribution in [2.24, 2.45) is 5.92 Å². The van der Waals surface area contributed by atoms with Gasteiger partial charge in [-0.3, -0.25) is 0 Å². The highest BCUT2D eigenvalue weighted by atomic mass is 16.5. The third-order valence-corrected chi connectivity index (χ3v) is 4.96. The van der Waals surface area contributed by atoms with Gasteiger partial charge >= 0.3 is 0 Å². The predicted octanol–water partition coefficient (Wildman–Crippen LogP) is 3.21. The lowest BCUT2D eigenvalue weighted by Gasteiger charge is -2.48. The Hall–Kier alpha value is -1.53. The molecule has 1 aromatic carbocycles. The van der Waals surface area contributed by atoms with Crippen LogP contribution >= 0.6 is 0 Å². The van der Waals surface area contributed by atoms with Crippen molar-refractivity contribution >= 4 is 0 Å². The summed E-state index contributed by atoms with van der Waals surface area (Å²) in [6.07, 6.45) is 1.55. The zero-order valence-electron chi connectivity index (χ0n) is 12.9. The average Bonchev–Trinajstić information content (AvgIpc) is 2.45. The van der Waals surface area contributed by atoms with Crippen LogP contribution in [0.5, 0.6) is 5.75 Å². The first-order valence-electron chi connectivity index (χ1n) is 7.26. The van der Waals surface area contributed by atoms with Crippen LogP contribution in [-0.4, -0.2) is 31.6 Å². The smallest absolute Gasteiger partial charge is 0.122 e. The molecule has 0 radical (unpaired) electrons. The van der Waals surface area contributed by atoms with Crippen molar-refractivity contribution in [2.45, 2.75) is 38.1 Å². The number of nitriles is 1. The molecule has 0 aromatic heterocycles. The van der Waals surface area contributed by atoms with E-state index in [1.54, 1.807) is 7.11 Å². The van der Waals surface area contributed by atoms with Crippen LogP contribution in [0.15, 0.2) is 24.3 Å². The molecule has 3 heteroatoms. The van der Waals surface area contributed by atoms with Crippen LogP contribution in [0, 0.1) is 17.2 Å². The first-order chi connectivity index (χ1) is 9.55. The van der Waals surface area contributed by atoms with Crippen LogP contribution < -0.4 is 4.74 Å². The largest absolute Gasteiger partial charge is 0.496 e. The van der Waals surface area contributed by atoms with E-state index in [-0.39, 0.29) is 5.41 Å². The highest BCUT2D eigenvalue weighted by molar-refractivity contribution is 5.41. The Labute approximate surface area is 122 Å². The van der Waals surface area contributed by atoms with Crippen molar-refractivity contribution in [2.75, 3.05) is 20.7 Å². The Balaban J connectivity index is 2.52. The van der Waals surface area contributed by atoms with Gasteiger partial charge in [-0.05, 0) is 32.4 Å². The Kier molecular flexibility index (Phi) is 4.35. The maximum atomic E-state index is 9.37. The van der Waals surface area contributed by atoms with Crippen LogP contribution in [0.4, 0.5) is 0 Å². The number of hydrogen-bond acceptors (Lipinski definition) is 3. The number of likely N-dealkylation sites (tertiary alicyclic amines) is 1. The van der Waals surface area contributed by atoms with E-state index in [1.807, 2.05) is 18.2 Å². The van der Waals surface area contributed by atoms with Crippen LogP contribution in [0.2, 0.25) is 0 Å². The Bertz CT molecular complexity index is 508. The van der Waals surface area contributed by atoms with Gasteiger partial charge in [-0.2, -0.15) is 5.26 Å². The Morgan fingerprint density at radius 2 is 2.10 bits per heavy atom. The molecule has 0 saturated carbocycles. The number of ether oxygens (including phenoxy) is 1. The zero-order chi connectivity index (χ0) is 14.8. The van der Waals surface area contributed by atoms with Crippen LogP contribution in [0.25, 0.3) is 0 Å². The Morgan fingerprint density at radius 1 is 1.40 bits per heavy atom. The normalized spacial score (nSPS) is 30.8. The summed E-state index contributed by atoms with van der Waals surface area (Å²) in [6, 6.07) is 11.1. The van der Waals surface area contributed by atoms with Gasteiger partial charge in [0.1, 0.15) is 5.75 Å². The van der Waals surface area contributed by atoms with E-state index in [1.165, 1.54) is 5.56 Å². The lowest BCUT2D eigenvalue weighted by molar-refractivity contribution is 0.0754. The van der Waals surface area contributed by atoms with E-state index in [9.17, 15) is 5.26 Å². The fourth-order valence-corrected chi connectivity index (χ4v) is 3.58. The van der Waals surface area contributed by atoms with E-state index in [0.717, 1.165) is 18.7 Å². The molecule has 2 rings (SSSR count). The molecule has 1 aliphatic rings. The first kappa shape index (κ1) is 14.9. The number of rotatable bonds is 3. The molecular weight excluding hydrogens is 248 g/mol. The molecule has 3 atom stereocenters. The second-order valence-electron chi connectivity index (χ2n) is 6.09. The van der Waals surface area contributed by atoms with Crippen LogP contribution in [-0.2, 0) is 5.41 Å². The standard InChI is InChI=1S/C17H24N2O/c1-13-12-19(3)14(2)11-17(13,9-10-18)15-7-5-6-8-16(15)20-4/h5-8,13-14H,9,11-12H2,1-4H3/t13-,14+,17-/m1/s1. The van der Waals surface area contributed by atoms with Gasteiger partial charge in [0.05, 0.1) is 13.2 Å². The molecule has 0 N–H and O–H groups in total. The summed E-state index contributed by atoms with van der Waals surface area (Å²) in [6.45, 7) is 5.51. The van der Waals surface area contributed by atoms with Crippen molar-refractivity contribution in [1.82, 2.24) is 4.90 Å². The zero-order valence-corrected chi connectivity index (χ0v) is 12.9. The van der Waals surface area contributed by atoms with Gasteiger partial charge in [0.25, 0.3) is 0 Å². The van der Waals surface area contributed by atoms with Gasteiger partial charge < -0.3 is 9.64 Å². The van der Waals surface area contributed by atoms with Crippen molar-refractivity contribution in [3.8, 4) is 11.8 Å². The van der Waals surface area contributed by atoms with Crippen molar-refractivity contribution in [3.05, 3.63) is 29.8 Å². The number of piperidine rings is 1. The SMILES string of the molecule is COc1ccccc1[C@]1(CC#N)C[C@H](C)N(C)C[C@H]1C. The number of para-hydroxylation sites is 1. The maximum absolute atomic E-state index is 9.37. The fraction of sp³-hybridized carbons (Fsp3) is 0.588. The molecule has 1 saturated heterocycles. The highest BCUT2D eigenvalue weighted by Gasteiger charge is 2.45. The van der Waals surface area contributed by atoms with Gasteiger partial charge in [-0.25, -0.2) is 0 Å². The summed E-state index contributed by atoms with van der Waals surface area (Å²) in [5.41, 5.74) is 1.09. The lowest BCUT2D eigenvalue weighted by Crippen LogP contribution is -2.51. The Morgan fingerprint density at radius 3 is 2.75 bits per heavy atom. The summed E-state index contributed by atoms with van der Waals surface area (Å²) in [5.74, 6) is 1.34. The molecule has 1 fully saturated rings. The summed E-state index contributed by atoms with van der Waals surface area (Å²) in [5, 5.41) is 9.37. The van der Waals surface area contributed by atoms with Gasteiger partial charge in [-0.1, -0.05) is 25.1 Å². The molecule has 1 heterocycles. The third-order valence-electron chi connectivity index (χ3n) is 4.96. The minimum atomic E-state index is -0.104. The van der Waals surface area contributed by atoms with Gasteiger partial charge in [-0.15, -0.1) is 0 Å². The van der Waals surface area contributed by atoms with Gasteiger partial charge in [0, 0.05) is 30.0 Å². The molecule has 0 aliphatic carbocycles. The van der Waals surface area contributed by atoms with E-state index in [0.29, 0.717) is 18.4 Å². The third kappa shape index (κ3) is 2.41. The quantitative estimate of drug-likeness (QED) is 0.847. The van der Waals surface area contributed by atoms with Crippen molar-refractivity contribution in [3.63, 3.8) is 0 Å². The molecular formula is C17H24N2O. The molecule has 1 aliphatic heterocycles. The summed E-state index contributed by atoms with van der Waals surface area (Å²) in [4.78, 5) is 2.38. The molecule has 0 spiro atoms. The minimum Gasteiger partial charge on any atom is -0.496 e. The van der Waals surface area contributed by atoms with Crippen molar-refractivity contribution < 1.29 is 4.74 Å². The summed E-state index contributed by atoms with van der Waals surface area (Å²) >= 11 is 0. The van der Waals surface area contributed by atoms with Crippen molar-refractivity contribution in [1.29, 1.82) is 5.26 Å². The minimum absolute atomic E-state index is 0.104. The number of methoxy groups -OCH3 is 1. The van der Waals surface area contributed by atoms with Gasteiger partial charge in [0.15, 0.2) is 0 Å². The molecule has 20 heavy (non-hydrogen) atoms. The molecule has 3 nitrogen and oxygen atoms in total. The van der Waals surface area contributed by atoms with E-state index in [2.05, 4.69) is 37.9 Å². The number of nitrogens with zero attached hydrogens (tertiary/aromatic N) is 2. The highest BCUT2D eigenvalue weighted by Crippen LogP contribution is 2.47. The topological polar surface area (TPSA) is 36.3 Å². The second-order valence-corrected chi connectivity index (χ2v) is 6.09. The maximum Gasteiger partial charge on any atom is 0.122 e. The lowest BCUT2D eigenvalue weighted by atomic mass is 9.63. The first-order valence-corrected chi connectivity index (χ1v) is 7.26. The predicted molar refractivity (Wildman–Crippen MR) is 80.8 cm³/mol. The summed E-state index contributed by atoms with van der Waals surface area (Å²) < 4.78 is 5.56. The average molecular weight is 272 g/mol. The fourth-order valence-electron chi connectivity index (χ4n) is 3.58. The molecule has 0 bridgehead atoms. The molecule has 0 amide bonds. The number of benzene rings is 1. The molecule has 108 valence electrons. The molecule has 0 unspecified atom stereocenters. The summed E-state index contributed by atoms with van der Waals surface area (Å²) in [7, 11) is 3.88. The van der Waals surface area contributed by atoms with Gasteiger partial charge in [0.2, 0.25) is 0 Å². The van der Waals surface area contributed by atoms with Crippen LogP contribution in [0.1, 0.15) is 32.3 Å². The number of hydrogen-bond donors (Lipinski definition) is 0. The van der Waals surface area contributed by atoms with E-state index < -0.39 is 0 Å².